The molecule has 0 fully saturated rings. The predicted molar refractivity (Wildman–Crippen MR) is 108 cm³/mol. The van der Waals surface area contributed by atoms with Gasteiger partial charge in [-0.05, 0) is 31.5 Å². The van der Waals surface area contributed by atoms with Gasteiger partial charge >= 0.3 is 0 Å². The minimum Gasteiger partial charge on any atom is -0.320 e. The normalized spacial score (nSPS) is 10.9. The van der Waals surface area contributed by atoms with Crippen LogP contribution in [0.3, 0.4) is 0 Å². The summed E-state index contributed by atoms with van der Waals surface area (Å²) in [6, 6.07) is 3.38. The highest BCUT2D eigenvalue weighted by molar-refractivity contribution is 6.33. The van der Waals surface area contributed by atoms with E-state index in [9.17, 15) is 4.79 Å². The first kappa shape index (κ1) is 19.0. The molecule has 0 aromatic carbocycles. The molecule has 0 spiro atoms. The maximum Gasteiger partial charge on any atom is 0.259 e. The van der Waals surface area contributed by atoms with Crippen molar-refractivity contribution in [2.75, 3.05) is 5.32 Å². The Morgan fingerprint density at radius 1 is 1.00 bits per heavy atom. The molecule has 4 aromatic heterocycles. The second-order valence-electron chi connectivity index (χ2n) is 6.12. The molecular formula is C18H14Cl2N8O. The number of carbonyl (C=O) groups is 1. The molecule has 29 heavy (non-hydrogen) atoms. The van der Waals surface area contributed by atoms with Gasteiger partial charge in [-0.2, -0.15) is 15.3 Å². The number of aromatic nitrogens is 7. The third kappa shape index (κ3) is 3.57. The van der Waals surface area contributed by atoms with Gasteiger partial charge in [0.2, 0.25) is 0 Å². The van der Waals surface area contributed by atoms with Crippen LogP contribution in [0.4, 0.5) is 5.69 Å². The van der Waals surface area contributed by atoms with Crippen LogP contribution in [-0.4, -0.2) is 40.6 Å². The minimum atomic E-state index is -0.361. The van der Waals surface area contributed by atoms with Crippen LogP contribution >= 0.6 is 23.2 Å². The van der Waals surface area contributed by atoms with Crippen LogP contribution in [0.5, 0.6) is 0 Å². The van der Waals surface area contributed by atoms with Crippen LogP contribution in [0.15, 0.2) is 43.1 Å². The van der Waals surface area contributed by atoms with E-state index >= 15 is 0 Å². The summed E-state index contributed by atoms with van der Waals surface area (Å²) < 4.78 is 1.53. The lowest BCUT2D eigenvalue weighted by Gasteiger charge is -2.09. The Morgan fingerprint density at radius 3 is 2.48 bits per heavy atom. The molecule has 1 amide bonds. The number of carbonyl (C=O) groups excluding carboxylic acids is 1. The zero-order valence-corrected chi connectivity index (χ0v) is 16.8. The molecule has 9 nitrogen and oxygen atoms in total. The molecule has 4 aromatic rings. The van der Waals surface area contributed by atoms with E-state index < -0.39 is 0 Å². The summed E-state index contributed by atoms with van der Waals surface area (Å²) in [5.74, 6) is 0.461. The van der Waals surface area contributed by atoms with E-state index in [1.807, 2.05) is 6.92 Å². The third-order valence-electron chi connectivity index (χ3n) is 4.21. The zero-order chi connectivity index (χ0) is 20.5. The van der Waals surface area contributed by atoms with E-state index in [4.69, 9.17) is 23.2 Å². The van der Waals surface area contributed by atoms with Gasteiger partial charge in [0, 0.05) is 6.20 Å². The molecule has 0 saturated carbocycles. The number of halogens is 2. The lowest BCUT2D eigenvalue weighted by molar-refractivity contribution is 0.102. The fourth-order valence-corrected chi connectivity index (χ4v) is 3.12. The van der Waals surface area contributed by atoms with Crippen LogP contribution in [-0.2, 0) is 0 Å². The van der Waals surface area contributed by atoms with E-state index in [1.165, 1.54) is 34.3 Å². The molecule has 0 aliphatic carbocycles. The number of anilines is 1. The first-order valence-electron chi connectivity index (χ1n) is 8.45. The molecule has 4 heterocycles. The Hall–Kier alpha value is -3.30. The van der Waals surface area contributed by atoms with E-state index in [2.05, 4.69) is 30.6 Å². The number of aryl methyl sites for hydroxylation is 1. The van der Waals surface area contributed by atoms with Gasteiger partial charge in [-0.1, -0.05) is 23.2 Å². The summed E-state index contributed by atoms with van der Waals surface area (Å²) in [6.07, 6.45) is 7.61. The molecular weight excluding hydrogens is 415 g/mol. The van der Waals surface area contributed by atoms with Crippen molar-refractivity contribution in [3.05, 3.63) is 70.0 Å². The highest BCUT2D eigenvalue weighted by Gasteiger charge is 2.18. The maximum atomic E-state index is 12.7. The molecule has 1 N–H and O–H groups in total. The fraction of sp³-hybridized carbons (Fsp3) is 0.111. The third-order valence-corrected chi connectivity index (χ3v) is 4.95. The van der Waals surface area contributed by atoms with E-state index in [0.717, 1.165) is 5.56 Å². The van der Waals surface area contributed by atoms with Crippen molar-refractivity contribution in [3.8, 4) is 11.6 Å². The molecule has 4 rings (SSSR count). The zero-order valence-electron chi connectivity index (χ0n) is 15.3. The van der Waals surface area contributed by atoms with Crippen molar-refractivity contribution < 1.29 is 4.79 Å². The molecule has 0 aliphatic rings. The van der Waals surface area contributed by atoms with Gasteiger partial charge in [-0.15, -0.1) is 4.80 Å². The summed E-state index contributed by atoms with van der Waals surface area (Å²) in [5.41, 5.74) is 2.26. The smallest absolute Gasteiger partial charge is 0.259 e. The first-order valence-corrected chi connectivity index (χ1v) is 9.21. The maximum absolute atomic E-state index is 12.7. The monoisotopic (exact) mass is 428 g/mol. The standard InChI is InChI=1S/C18H14Cl2N8O/c1-10-3-4-21-17(15(10)20)27-11(2)13(9-25-27)18(29)26-12-7-14(19)16(22-8-12)28-23-5-6-24-28/h3-9H,1-2H3,(H,26,29). The van der Waals surface area contributed by atoms with Gasteiger partial charge in [0.25, 0.3) is 5.91 Å². The minimum absolute atomic E-state index is 0.294. The molecule has 0 radical (unpaired) electrons. The van der Waals surface area contributed by atoms with Crippen molar-refractivity contribution in [1.82, 2.24) is 34.7 Å². The van der Waals surface area contributed by atoms with Gasteiger partial charge in [0.1, 0.15) is 0 Å². The number of hydrogen-bond acceptors (Lipinski definition) is 6. The van der Waals surface area contributed by atoms with Gasteiger partial charge in [-0.3, -0.25) is 4.79 Å². The largest absolute Gasteiger partial charge is 0.320 e. The summed E-state index contributed by atoms with van der Waals surface area (Å²) in [6.45, 7) is 3.64. The summed E-state index contributed by atoms with van der Waals surface area (Å²) in [5, 5.41) is 15.8. The molecule has 146 valence electrons. The molecule has 0 saturated heterocycles. The van der Waals surface area contributed by atoms with Crippen LogP contribution in [0.25, 0.3) is 11.6 Å². The SMILES string of the molecule is Cc1ccnc(-n2ncc(C(=O)Nc3cnc(-n4nccn4)c(Cl)c3)c2C)c1Cl. The Kier molecular flexibility index (Phi) is 4.99. The van der Waals surface area contributed by atoms with Crippen LogP contribution < -0.4 is 5.32 Å². The summed E-state index contributed by atoms with van der Waals surface area (Å²) >= 11 is 12.6. The van der Waals surface area contributed by atoms with Crippen LogP contribution in [0.1, 0.15) is 21.6 Å². The fourth-order valence-electron chi connectivity index (χ4n) is 2.69. The van der Waals surface area contributed by atoms with Crippen LogP contribution in [0, 0.1) is 13.8 Å². The highest BCUT2D eigenvalue weighted by atomic mass is 35.5. The lowest BCUT2D eigenvalue weighted by Crippen LogP contribution is -2.14. The Bertz CT molecular complexity index is 1200. The summed E-state index contributed by atoms with van der Waals surface area (Å²) in [4.78, 5) is 22.5. The van der Waals surface area contributed by atoms with Gasteiger partial charge in [0.15, 0.2) is 11.6 Å². The predicted octanol–water partition coefficient (Wildman–Crippen LogP) is 3.42. The molecule has 0 aliphatic heterocycles. The average molecular weight is 429 g/mol. The van der Waals surface area contributed by atoms with Gasteiger partial charge < -0.3 is 5.32 Å². The second kappa shape index (κ2) is 7.61. The van der Waals surface area contributed by atoms with Crippen LogP contribution in [0.2, 0.25) is 10.0 Å². The van der Waals surface area contributed by atoms with Gasteiger partial charge in [0.05, 0.1) is 51.8 Å². The number of pyridine rings is 2. The van der Waals surface area contributed by atoms with E-state index in [-0.39, 0.29) is 5.91 Å². The topological polar surface area (TPSA) is 103 Å². The summed E-state index contributed by atoms with van der Waals surface area (Å²) in [7, 11) is 0. The van der Waals surface area contributed by atoms with E-state index in [1.54, 1.807) is 25.3 Å². The molecule has 0 unspecified atom stereocenters. The number of rotatable bonds is 4. The quantitative estimate of drug-likeness (QED) is 0.533. The Morgan fingerprint density at radius 2 is 1.76 bits per heavy atom. The number of nitrogens with one attached hydrogen (secondary N) is 1. The van der Waals surface area contributed by atoms with Gasteiger partial charge in [-0.25, -0.2) is 14.6 Å². The van der Waals surface area contributed by atoms with E-state index in [0.29, 0.717) is 38.6 Å². The van der Waals surface area contributed by atoms with Crippen molar-refractivity contribution in [2.45, 2.75) is 13.8 Å². The number of hydrogen-bond donors (Lipinski definition) is 1. The Labute approximate surface area is 175 Å². The first-order chi connectivity index (χ1) is 14.0. The molecule has 0 bridgehead atoms. The van der Waals surface area contributed by atoms with Crippen molar-refractivity contribution in [2.24, 2.45) is 0 Å². The van der Waals surface area contributed by atoms with Crippen molar-refractivity contribution in [3.63, 3.8) is 0 Å². The average Bonchev–Trinajstić information content (AvgIpc) is 3.34. The second-order valence-corrected chi connectivity index (χ2v) is 6.91. The Balaban J connectivity index is 1.59. The number of amides is 1. The van der Waals surface area contributed by atoms with Crippen molar-refractivity contribution >= 4 is 34.8 Å². The molecule has 11 heteroatoms. The lowest BCUT2D eigenvalue weighted by atomic mass is 10.2. The van der Waals surface area contributed by atoms with Crippen molar-refractivity contribution in [1.29, 1.82) is 0 Å². The number of nitrogens with zero attached hydrogens (tertiary/aromatic N) is 7. The highest BCUT2D eigenvalue weighted by Crippen LogP contribution is 2.24. The molecule has 0 atom stereocenters.